The lowest BCUT2D eigenvalue weighted by molar-refractivity contribution is -0.0544. The van der Waals surface area contributed by atoms with E-state index in [1.807, 2.05) is 12.2 Å². The van der Waals surface area contributed by atoms with Crippen molar-refractivity contribution in [1.82, 2.24) is 0 Å². The first-order valence-electron chi connectivity index (χ1n) is 5.07. The minimum absolute atomic E-state index is 0.370. The smallest absolute Gasteiger partial charge is 0.146 e. The Morgan fingerprint density at radius 2 is 1.27 bits per heavy atom. The predicted molar refractivity (Wildman–Crippen MR) is 65.2 cm³/mol. The summed E-state index contributed by atoms with van der Waals surface area (Å²) in [5, 5.41) is 0. The van der Waals surface area contributed by atoms with Gasteiger partial charge in [-0.3, -0.25) is 0 Å². The summed E-state index contributed by atoms with van der Waals surface area (Å²) in [5.41, 5.74) is 3.06. The monoisotopic (exact) mass is 252 g/mol. The fourth-order valence-corrected chi connectivity index (χ4v) is 1.16. The highest BCUT2D eigenvalue weighted by Crippen LogP contribution is 1.95. The van der Waals surface area contributed by atoms with Crippen molar-refractivity contribution in [2.24, 2.45) is 0 Å². The van der Waals surface area contributed by atoms with Crippen LogP contribution in [0.15, 0.2) is 23.2 Å². The van der Waals surface area contributed by atoms with Crippen LogP contribution in [0.5, 0.6) is 0 Å². The van der Waals surface area contributed by atoms with E-state index < -0.39 is 0 Å². The Balaban J connectivity index is 2.92. The van der Waals surface area contributed by atoms with Gasteiger partial charge < -0.3 is 9.47 Å². The molecule has 0 saturated carbocycles. The zero-order valence-corrected chi connectivity index (χ0v) is 10.3. The van der Waals surface area contributed by atoms with E-state index in [1.54, 1.807) is 0 Å². The highest BCUT2D eigenvalue weighted by atomic mass is 35.5. The second-order valence-electron chi connectivity index (χ2n) is 2.94. The Kier molecular flexibility index (Phi) is 14.0. The molecule has 0 rings (SSSR count). The second kappa shape index (κ2) is 14.0. The van der Waals surface area contributed by atoms with Crippen LogP contribution in [0.3, 0.4) is 0 Å². The average molecular weight is 253 g/mol. The molecule has 0 unspecified atom stereocenters. The zero-order valence-electron chi connectivity index (χ0n) is 8.83. The van der Waals surface area contributed by atoms with Crippen LogP contribution >= 0.6 is 23.2 Å². The molecule has 0 N–H and O–H groups in total. The first kappa shape index (κ1) is 15.0. The summed E-state index contributed by atoms with van der Waals surface area (Å²) in [4.78, 5) is 0. The molecule has 0 radical (unpaired) electrons. The van der Waals surface area contributed by atoms with Crippen LogP contribution in [0.1, 0.15) is 25.7 Å². The van der Waals surface area contributed by atoms with Crippen molar-refractivity contribution in [3.05, 3.63) is 23.2 Å². The number of ether oxygens (including phenoxy) is 2. The van der Waals surface area contributed by atoms with E-state index in [9.17, 15) is 0 Å². The maximum Gasteiger partial charge on any atom is 0.146 e. The van der Waals surface area contributed by atoms with Crippen LogP contribution in [0, 0.1) is 0 Å². The number of hydrogen-bond acceptors (Lipinski definition) is 2. The molecule has 0 fully saturated rings. The van der Waals surface area contributed by atoms with Crippen LogP contribution < -0.4 is 0 Å². The van der Waals surface area contributed by atoms with Crippen molar-refractivity contribution in [3.8, 4) is 0 Å². The fourth-order valence-electron chi connectivity index (χ4n) is 0.909. The van der Waals surface area contributed by atoms with Crippen molar-refractivity contribution < 1.29 is 9.47 Å². The van der Waals surface area contributed by atoms with Crippen molar-refractivity contribution in [2.45, 2.75) is 25.7 Å². The van der Waals surface area contributed by atoms with Gasteiger partial charge in [-0.1, -0.05) is 35.4 Å². The van der Waals surface area contributed by atoms with Crippen molar-refractivity contribution in [2.75, 3.05) is 20.0 Å². The summed E-state index contributed by atoms with van der Waals surface area (Å²) >= 11 is 10.7. The molecule has 0 aromatic carbocycles. The standard InChI is InChI=1S/C11H18Cl2O2/c12-7-3-1-5-9-14-11-15-10-6-2-4-8-13/h3-4,7-8H,1-2,5-6,9-11H2/b7-3+,8-4+. The first-order valence-corrected chi connectivity index (χ1v) is 5.95. The summed E-state index contributed by atoms with van der Waals surface area (Å²) in [6.07, 6.45) is 7.66. The lowest BCUT2D eigenvalue weighted by atomic mass is 10.3. The van der Waals surface area contributed by atoms with Gasteiger partial charge in [0.05, 0.1) is 0 Å². The van der Waals surface area contributed by atoms with Gasteiger partial charge in [-0.05, 0) is 25.7 Å². The second-order valence-corrected chi connectivity index (χ2v) is 3.45. The number of unbranched alkanes of at least 4 members (excludes halogenated alkanes) is 2. The quantitative estimate of drug-likeness (QED) is 0.432. The molecule has 0 aromatic rings. The Hall–Kier alpha value is -0.0200. The number of allylic oxidation sites excluding steroid dienone is 2. The van der Waals surface area contributed by atoms with Gasteiger partial charge >= 0.3 is 0 Å². The molecule has 15 heavy (non-hydrogen) atoms. The highest BCUT2D eigenvalue weighted by molar-refractivity contribution is 6.25. The Bertz CT molecular complexity index is 152. The third kappa shape index (κ3) is 14.0. The molecular weight excluding hydrogens is 235 g/mol. The Morgan fingerprint density at radius 1 is 0.800 bits per heavy atom. The molecule has 0 heterocycles. The van der Waals surface area contributed by atoms with Crippen molar-refractivity contribution in [3.63, 3.8) is 0 Å². The van der Waals surface area contributed by atoms with Crippen LogP contribution in [0.25, 0.3) is 0 Å². The summed E-state index contributed by atoms with van der Waals surface area (Å²) in [6, 6.07) is 0. The van der Waals surface area contributed by atoms with Crippen LogP contribution in [-0.4, -0.2) is 20.0 Å². The number of hydrogen-bond donors (Lipinski definition) is 0. The molecule has 0 aliphatic carbocycles. The molecule has 0 saturated heterocycles. The first-order chi connectivity index (χ1) is 7.41. The molecule has 4 heteroatoms. The fraction of sp³-hybridized carbons (Fsp3) is 0.636. The van der Waals surface area contributed by atoms with E-state index in [4.69, 9.17) is 32.7 Å². The van der Waals surface area contributed by atoms with E-state index in [1.165, 1.54) is 11.1 Å². The average Bonchev–Trinajstić information content (AvgIpc) is 2.26. The molecule has 0 amide bonds. The highest BCUT2D eigenvalue weighted by Gasteiger charge is 1.88. The Labute approximate surface area is 102 Å². The van der Waals surface area contributed by atoms with Gasteiger partial charge in [-0.25, -0.2) is 0 Å². The normalized spacial score (nSPS) is 11.9. The van der Waals surface area contributed by atoms with Crippen LogP contribution in [-0.2, 0) is 9.47 Å². The van der Waals surface area contributed by atoms with Crippen LogP contribution in [0.4, 0.5) is 0 Å². The summed E-state index contributed by atoms with van der Waals surface area (Å²) < 4.78 is 10.5. The van der Waals surface area contributed by atoms with Gasteiger partial charge in [-0.15, -0.1) is 0 Å². The maximum atomic E-state index is 5.36. The summed E-state index contributed by atoms with van der Waals surface area (Å²) in [7, 11) is 0. The van der Waals surface area contributed by atoms with Gasteiger partial charge in [0.15, 0.2) is 0 Å². The molecule has 88 valence electrons. The van der Waals surface area contributed by atoms with Gasteiger partial charge in [-0.2, -0.15) is 0 Å². The number of rotatable bonds is 10. The lowest BCUT2D eigenvalue weighted by Crippen LogP contribution is -2.02. The molecular formula is C11H18Cl2O2. The molecule has 0 atom stereocenters. The van der Waals surface area contributed by atoms with Gasteiger partial charge in [0.1, 0.15) is 6.79 Å². The molecule has 2 nitrogen and oxygen atoms in total. The lowest BCUT2D eigenvalue weighted by Gasteiger charge is -2.03. The van der Waals surface area contributed by atoms with Crippen molar-refractivity contribution >= 4 is 23.2 Å². The molecule has 0 bridgehead atoms. The molecule has 0 spiro atoms. The summed E-state index contributed by atoms with van der Waals surface area (Å²) in [6.45, 7) is 1.79. The molecule has 0 aliphatic heterocycles. The SMILES string of the molecule is Cl/C=C/CCCOCOCCC/C=C/Cl. The third-order valence-electron chi connectivity index (χ3n) is 1.66. The number of halogens is 2. The van der Waals surface area contributed by atoms with E-state index in [2.05, 4.69) is 0 Å². The van der Waals surface area contributed by atoms with Gasteiger partial charge in [0.25, 0.3) is 0 Å². The largest absolute Gasteiger partial charge is 0.355 e. The topological polar surface area (TPSA) is 18.5 Å². The van der Waals surface area contributed by atoms with Crippen LogP contribution in [0.2, 0.25) is 0 Å². The zero-order chi connectivity index (χ0) is 11.2. The molecule has 0 aromatic heterocycles. The van der Waals surface area contributed by atoms with E-state index in [0.29, 0.717) is 20.0 Å². The molecule has 0 aliphatic rings. The third-order valence-corrected chi connectivity index (χ3v) is 2.02. The maximum absolute atomic E-state index is 5.36. The minimum atomic E-state index is 0.370. The van der Waals surface area contributed by atoms with Crippen molar-refractivity contribution in [1.29, 1.82) is 0 Å². The predicted octanol–water partition coefficient (Wildman–Crippen LogP) is 4.04. The van der Waals surface area contributed by atoms with E-state index in [0.717, 1.165) is 25.7 Å². The Morgan fingerprint density at radius 3 is 1.67 bits per heavy atom. The van der Waals surface area contributed by atoms with E-state index >= 15 is 0 Å². The minimum Gasteiger partial charge on any atom is -0.355 e. The summed E-state index contributed by atoms with van der Waals surface area (Å²) in [5.74, 6) is 0. The van der Waals surface area contributed by atoms with Gasteiger partial charge in [0, 0.05) is 24.3 Å². The van der Waals surface area contributed by atoms with Gasteiger partial charge in [0.2, 0.25) is 0 Å². The van der Waals surface area contributed by atoms with E-state index in [-0.39, 0.29) is 0 Å².